The van der Waals surface area contributed by atoms with Gasteiger partial charge in [0.25, 0.3) is 0 Å². The summed E-state index contributed by atoms with van der Waals surface area (Å²) in [4.78, 5) is 11.7. The minimum atomic E-state index is -3.63. The van der Waals surface area contributed by atoms with Crippen LogP contribution in [-0.2, 0) is 19.5 Å². The first-order valence-corrected chi connectivity index (χ1v) is 8.60. The number of carbonyl (C=O) groups excluding carboxylic acids is 1. The maximum Gasteiger partial charge on any atom is 0.338 e. The summed E-state index contributed by atoms with van der Waals surface area (Å²) in [5, 5.41) is 0. The topological polar surface area (TPSA) is 72.9 Å². The Kier molecular flexibility index (Phi) is 6.99. The van der Waals surface area contributed by atoms with E-state index in [4.69, 9.17) is 9.47 Å². The van der Waals surface area contributed by atoms with Gasteiger partial charge >= 0.3 is 5.97 Å². The predicted octanol–water partition coefficient (Wildman–Crippen LogP) is 1.91. The fourth-order valence-corrected chi connectivity index (χ4v) is 3.78. The molecule has 0 aliphatic rings. The van der Waals surface area contributed by atoms with E-state index >= 15 is 0 Å². The van der Waals surface area contributed by atoms with E-state index in [1.807, 2.05) is 0 Å². The van der Waals surface area contributed by atoms with Gasteiger partial charge in [-0.1, -0.05) is 6.92 Å². The lowest BCUT2D eigenvalue weighted by Crippen LogP contribution is -2.40. The van der Waals surface area contributed by atoms with Crippen molar-refractivity contribution in [2.75, 3.05) is 26.9 Å². The number of likely N-dealkylation sites (N-methyl/N-ethyl adjacent to an activating group) is 1. The van der Waals surface area contributed by atoms with Gasteiger partial charge in [-0.2, -0.15) is 4.31 Å². The Morgan fingerprint density at radius 2 is 1.82 bits per heavy atom. The molecule has 7 heteroatoms. The molecular weight excluding hydrogens is 306 g/mol. The van der Waals surface area contributed by atoms with E-state index in [9.17, 15) is 13.2 Å². The van der Waals surface area contributed by atoms with E-state index in [-0.39, 0.29) is 17.5 Å². The molecule has 0 aromatic heterocycles. The summed E-state index contributed by atoms with van der Waals surface area (Å²) in [6.07, 6.45) is 0. The van der Waals surface area contributed by atoms with Gasteiger partial charge in [0.05, 0.1) is 23.7 Å². The summed E-state index contributed by atoms with van der Waals surface area (Å²) < 4.78 is 36.6. The Hall–Kier alpha value is -1.44. The second kappa shape index (κ2) is 8.26. The van der Waals surface area contributed by atoms with Crippen LogP contribution in [0.15, 0.2) is 29.2 Å². The molecule has 0 bridgehead atoms. The molecule has 0 saturated carbocycles. The van der Waals surface area contributed by atoms with Gasteiger partial charge in [-0.15, -0.1) is 0 Å². The number of ether oxygens (including phenoxy) is 2. The number of benzene rings is 1. The van der Waals surface area contributed by atoms with Gasteiger partial charge in [-0.3, -0.25) is 0 Å². The highest BCUT2D eigenvalue weighted by atomic mass is 32.2. The maximum atomic E-state index is 12.6. The van der Waals surface area contributed by atoms with Crippen LogP contribution >= 0.6 is 0 Å². The first-order valence-electron chi connectivity index (χ1n) is 7.16. The number of sulfonamides is 1. The fourth-order valence-electron chi connectivity index (χ4n) is 2.16. The third-order valence-electron chi connectivity index (χ3n) is 3.18. The summed E-state index contributed by atoms with van der Waals surface area (Å²) in [6.45, 7) is 6.21. The molecule has 0 unspecified atom stereocenters. The number of carbonyl (C=O) groups is 1. The van der Waals surface area contributed by atoms with Gasteiger partial charge < -0.3 is 9.47 Å². The van der Waals surface area contributed by atoms with Gasteiger partial charge in [0, 0.05) is 19.7 Å². The van der Waals surface area contributed by atoms with Gasteiger partial charge in [0.2, 0.25) is 10.0 Å². The van der Waals surface area contributed by atoms with E-state index in [1.165, 1.54) is 35.7 Å². The molecule has 6 nitrogen and oxygen atoms in total. The average Bonchev–Trinajstić information content (AvgIpc) is 2.48. The molecule has 0 N–H and O–H groups in total. The molecule has 0 spiro atoms. The van der Waals surface area contributed by atoms with Crippen LogP contribution in [0.4, 0.5) is 0 Å². The number of rotatable bonds is 8. The third kappa shape index (κ3) is 4.28. The Morgan fingerprint density at radius 1 is 1.23 bits per heavy atom. The summed E-state index contributed by atoms with van der Waals surface area (Å²) in [5.74, 6) is -0.466. The molecule has 1 aromatic carbocycles. The van der Waals surface area contributed by atoms with Gasteiger partial charge in [-0.25, -0.2) is 13.2 Å². The van der Waals surface area contributed by atoms with Crippen LogP contribution in [0.3, 0.4) is 0 Å². The van der Waals surface area contributed by atoms with Crippen molar-refractivity contribution in [3.05, 3.63) is 29.8 Å². The molecule has 0 saturated heterocycles. The SMILES string of the molecule is CCOC(=O)c1ccc(S(=O)(=O)N(CC)[C@H](C)COC)cc1. The largest absolute Gasteiger partial charge is 0.462 e. The first-order chi connectivity index (χ1) is 10.4. The Morgan fingerprint density at radius 3 is 2.27 bits per heavy atom. The second-order valence-corrected chi connectivity index (χ2v) is 6.65. The van der Waals surface area contributed by atoms with Crippen molar-refractivity contribution < 1.29 is 22.7 Å². The molecule has 1 aromatic rings. The monoisotopic (exact) mass is 329 g/mol. The number of nitrogens with zero attached hydrogens (tertiary/aromatic N) is 1. The zero-order chi connectivity index (χ0) is 16.8. The molecule has 22 heavy (non-hydrogen) atoms. The molecule has 124 valence electrons. The fraction of sp³-hybridized carbons (Fsp3) is 0.533. The quantitative estimate of drug-likeness (QED) is 0.681. The van der Waals surface area contributed by atoms with Crippen molar-refractivity contribution in [2.45, 2.75) is 31.7 Å². The van der Waals surface area contributed by atoms with E-state index in [1.54, 1.807) is 20.8 Å². The van der Waals surface area contributed by atoms with Crippen molar-refractivity contribution >= 4 is 16.0 Å². The molecule has 0 aliphatic heterocycles. The Labute approximate surface area is 132 Å². The van der Waals surface area contributed by atoms with Crippen molar-refractivity contribution in [2.24, 2.45) is 0 Å². The van der Waals surface area contributed by atoms with Crippen LogP contribution in [0.1, 0.15) is 31.1 Å². The minimum absolute atomic E-state index is 0.144. The summed E-state index contributed by atoms with van der Waals surface area (Å²) in [7, 11) is -2.09. The zero-order valence-electron chi connectivity index (χ0n) is 13.4. The van der Waals surface area contributed by atoms with Crippen molar-refractivity contribution in [3.8, 4) is 0 Å². The third-order valence-corrected chi connectivity index (χ3v) is 5.29. The molecular formula is C15H23NO5S. The molecule has 0 aliphatic carbocycles. The molecule has 1 atom stereocenters. The van der Waals surface area contributed by atoms with Crippen LogP contribution < -0.4 is 0 Å². The molecule has 0 radical (unpaired) electrons. The molecule has 0 amide bonds. The number of hydrogen-bond acceptors (Lipinski definition) is 5. The van der Waals surface area contributed by atoms with Crippen molar-refractivity contribution in [1.82, 2.24) is 4.31 Å². The van der Waals surface area contributed by atoms with Gasteiger partial charge in [0.1, 0.15) is 0 Å². The second-order valence-electron chi connectivity index (χ2n) is 4.76. The summed E-state index contributed by atoms with van der Waals surface area (Å²) in [6, 6.07) is 5.48. The van der Waals surface area contributed by atoms with Crippen LogP contribution in [0.25, 0.3) is 0 Å². The lowest BCUT2D eigenvalue weighted by Gasteiger charge is -2.26. The van der Waals surface area contributed by atoms with E-state index < -0.39 is 16.0 Å². The normalized spacial score (nSPS) is 13.1. The standard InChI is InChI=1S/C15H23NO5S/c1-5-16(12(3)11-20-4)22(18,19)14-9-7-13(8-10-14)15(17)21-6-2/h7-10,12H,5-6,11H2,1-4H3/t12-/m1/s1. The minimum Gasteiger partial charge on any atom is -0.462 e. The number of hydrogen-bond donors (Lipinski definition) is 0. The first kappa shape index (κ1) is 18.6. The summed E-state index contributed by atoms with van der Waals surface area (Å²) >= 11 is 0. The smallest absolute Gasteiger partial charge is 0.338 e. The van der Waals surface area contributed by atoms with Crippen LogP contribution in [0.5, 0.6) is 0 Å². The van der Waals surface area contributed by atoms with E-state index in [0.29, 0.717) is 18.7 Å². The lowest BCUT2D eigenvalue weighted by molar-refractivity contribution is 0.0526. The van der Waals surface area contributed by atoms with Crippen molar-refractivity contribution in [3.63, 3.8) is 0 Å². The Balaban J connectivity index is 3.04. The van der Waals surface area contributed by atoms with E-state index in [0.717, 1.165) is 0 Å². The maximum absolute atomic E-state index is 12.6. The number of methoxy groups -OCH3 is 1. The van der Waals surface area contributed by atoms with Crippen LogP contribution in [0.2, 0.25) is 0 Å². The molecule has 0 heterocycles. The van der Waals surface area contributed by atoms with Crippen LogP contribution in [0, 0.1) is 0 Å². The number of esters is 1. The molecule has 1 rings (SSSR count). The summed E-state index contributed by atoms with van der Waals surface area (Å²) in [5.41, 5.74) is 0.328. The van der Waals surface area contributed by atoms with Gasteiger partial charge in [-0.05, 0) is 38.1 Å². The highest BCUT2D eigenvalue weighted by Crippen LogP contribution is 2.19. The Bertz CT molecular complexity index is 582. The van der Waals surface area contributed by atoms with Crippen LogP contribution in [-0.4, -0.2) is 51.6 Å². The highest BCUT2D eigenvalue weighted by Gasteiger charge is 2.27. The predicted molar refractivity (Wildman–Crippen MR) is 83.3 cm³/mol. The lowest BCUT2D eigenvalue weighted by atomic mass is 10.2. The van der Waals surface area contributed by atoms with E-state index in [2.05, 4.69) is 0 Å². The highest BCUT2D eigenvalue weighted by molar-refractivity contribution is 7.89. The average molecular weight is 329 g/mol. The van der Waals surface area contributed by atoms with Gasteiger partial charge in [0.15, 0.2) is 0 Å². The molecule has 0 fully saturated rings. The zero-order valence-corrected chi connectivity index (χ0v) is 14.2. The van der Waals surface area contributed by atoms with Crippen molar-refractivity contribution in [1.29, 1.82) is 0 Å².